The molecule has 4 rings (SSSR count). The van der Waals surface area contributed by atoms with E-state index in [1.165, 1.54) is 0 Å². The molecule has 0 radical (unpaired) electrons. The van der Waals surface area contributed by atoms with Crippen molar-refractivity contribution >= 4 is 22.1 Å². The fourth-order valence-electron chi connectivity index (χ4n) is 3.05. The molecule has 4 heteroatoms. The van der Waals surface area contributed by atoms with Crippen LogP contribution in [0.4, 0.5) is 11.4 Å². The molecular weight excluding hydrogens is 286 g/mol. The largest absolute Gasteiger partial charge is 0.379 e. The summed E-state index contributed by atoms with van der Waals surface area (Å²) < 4.78 is 0. The molecule has 1 unspecified atom stereocenters. The topological polar surface area (TPSA) is 47.6 Å². The Morgan fingerprint density at radius 2 is 1.74 bits per heavy atom. The fraction of sp³-hybridized carbons (Fsp3) is 0.158. The minimum Gasteiger partial charge on any atom is -0.379 e. The van der Waals surface area contributed by atoms with E-state index in [9.17, 15) is 5.11 Å². The van der Waals surface area contributed by atoms with Crippen LogP contribution in [0.3, 0.4) is 0 Å². The lowest BCUT2D eigenvalue weighted by Gasteiger charge is -2.21. The van der Waals surface area contributed by atoms with Gasteiger partial charge in [0.15, 0.2) is 5.60 Å². The number of β-amino-alcohol motifs (C(OH)–C–C–N with tert-alkyl or cyclic N) is 1. The molecule has 0 fully saturated rings. The average molecular weight is 304 g/mol. The number of nitrogens with zero attached hydrogens (tertiary/aromatic N) is 2. The van der Waals surface area contributed by atoms with E-state index in [-0.39, 0.29) is 0 Å². The van der Waals surface area contributed by atoms with E-state index in [1.54, 1.807) is 11.7 Å². The summed E-state index contributed by atoms with van der Waals surface area (Å²) in [6.07, 6.45) is 0. The van der Waals surface area contributed by atoms with Crippen LogP contribution in [-0.4, -0.2) is 16.5 Å². The maximum absolute atomic E-state index is 10.8. The zero-order valence-corrected chi connectivity index (χ0v) is 12.9. The second kappa shape index (κ2) is 5.18. The summed E-state index contributed by atoms with van der Waals surface area (Å²) in [4.78, 5) is 1.71. The fourth-order valence-corrected chi connectivity index (χ4v) is 3.05. The van der Waals surface area contributed by atoms with E-state index in [2.05, 4.69) is 22.7 Å². The molecule has 0 bridgehead atoms. The summed E-state index contributed by atoms with van der Waals surface area (Å²) in [5.74, 6) is 0. The minimum absolute atomic E-state index is 0.349. The lowest BCUT2D eigenvalue weighted by atomic mass is 9.96. The van der Waals surface area contributed by atoms with Gasteiger partial charge < -0.3 is 5.11 Å². The van der Waals surface area contributed by atoms with Gasteiger partial charge in [-0.1, -0.05) is 54.6 Å². The molecule has 114 valence electrons. The molecule has 1 aliphatic rings. The summed E-state index contributed by atoms with van der Waals surface area (Å²) in [5.41, 5.74) is 5.09. The summed E-state index contributed by atoms with van der Waals surface area (Å²) in [7, 11) is 0. The molecule has 23 heavy (non-hydrogen) atoms. The molecule has 4 nitrogen and oxygen atoms in total. The molecule has 0 saturated carbocycles. The van der Waals surface area contributed by atoms with Crippen LogP contribution in [0.15, 0.2) is 71.8 Å². The zero-order chi connectivity index (χ0) is 15.9. The second-order valence-electron chi connectivity index (χ2n) is 6.09. The molecule has 1 atom stereocenters. The molecule has 3 aromatic carbocycles. The molecule has 1 heterocycles. The van der Waals surface area contributed by atoms with Crippen LogP contribution < -0.4 is 5.43 Å². The van der Waals surface area contributed by atoms with Crippen LogP contribution >= 0.6 is 0 Å². The smallest absolute Gasteiger partial charge is 0.232 e. The van der Waals surface area contributed by atoms with Crippen molar-refractivity contribution in [3.05, 3.63) is 72.3 Å². The number of nitrogens with one attached hydrogen (secondary N) is 1. The third-order valence-corrected chi connectivity index (χ3v) is 4.21. The highest BCUT2D eigenvalue weighted by atomic mass is 16.3. The number of hydrogen-bond donors (Lipinski definition) is 2. The molecule has 1 aliphatic heterocycles. The van der Waals surface area contributed by atoms with Crippen molar-refractivity contribution in [1.29, 1.82) is 0 Å². The van der Waals surface area contributed by atoms with E-state index < -0.39 is 5.60 Å². The monoisotopic (exact) mass is 304 g/mol. The van der Waals surface area contributed by atoms with Gasteiger partial charge in [0.25, 0.3) is 0 Å². The van der Waals surface area contributed by atoms with E-state index >= 15 is 0 Å². The molecule has 0 saturated heterocycles. The number of azo groups is 1. The van der Waals surface area contributed by atoms with Gasteiger partial charge in [0.2, 0.25) is 6.54 Å². The van der Waals surface area contributed by atoms with Gasteiger partial charge in [-0.15, -0.1) is 5.43 Å². The van der Waals surface area contributed by atoms with Crippen molar-refractivity contribution in [3.63, 3.8) is 0 Å². The number of rotatable bonds is 3. The standard InChI is InChI=1S/C19H18N3O/c1-19(23,15-9-3-2-4-10-15)13-22-20-16-11-5-7-14-8-6-12-17(21-22)18(14)16/h2-12,23H,13H2,1H3,(H,20,21)/q+1. The van der Waals surface area contributed by atoms with Crippen LogP contribution in [-0.2, 0) is 5.60 Å². The van der Waals surface area contributed by atoms with Crippen LogP contribution in [0.2, 0.25) is 0 Å². The number of hydrogen-bond acceptors (Lipinski definition) is 3. The molecule has 0 amide bonds. The van der Waals surface area contributed by atoms with Crippen molar-refractivity contribution in [1.82, 2.24) is 0 Å². The van der Waals surface area contributed by atoms with Crippen molar-refractivity contribution in [2.75, 3.05) is 12.0 Å². The van der Waals surface area contributed by atoms with Gasteiger partial charge in [-0.05, 0) is 30.0 Å². The highest BCUT2D eigenvalue weighted by Gasteiger charge is 2.32. The molecule has 0 aliphatic carbocycles. The number of anilines is 1. The van der Waals surface area contributed by atoms with Crippen molar-refractivity contribution in [2.45, 2.75) is 12.5 Å². The lowest BCUT2D eigenvalue weighted by molar-refractivity contribution is -0.578. The highest BCUT2D eigenvalue weighted by molar-refractivity contribution is 6.01. The maximum Gasteiger partial charge on any atom is 0.232 e. The summed E-state index contributed by atoms with van der Waals surface area (Å²) in [6, 6.07) is 21.9. The minimum atomic E-state index is -1.00. The van der Waals surface area contributed by atoms with Crippen molar-refractivity contribution in [2.24, 2.45) is 5.11 Å². The highest BCUT2D eigenvalue weighted by Crippen LogP contribution is 2.36. The van der Waals surface area contributed by atoms with E-state index in [0.717, 1.165) is 27.7 Å². The first-order chi connectivity index (χ1) is 11.1. The average Bonchev–Trinajstić information content (AvgIpc) is 2.56. The van der Waals surface area contributed by atoms with Gasteiger partial charge in [-0.25, -0.2) is 0 Å². The first-order valence-corrected chi connectivity index (χ1v) is 7.69. The van der Waals surface area contributed by atoms with Crippen LogP contribution in [0.1, 0.15) is 12.5 Å². The molecule has 0 aromatic heterocycles. The predicted molar refractivity (Wildman–Crippen MR) is 90.8 cm³/mol. The summed E-state index contributed by atoms with van der Waals surface area (Å²) >= 11 is 0. The number of benzene rings is 3. The Kier molecular flexibility index (Phi) is 3.13. The van der Waals surface area contributed by atoms with Gasteiger partial charge in [0.05, 0.1) is 0 Å². The van der Waals surface area contributed by atoms with Crippen molar-refractivity contribution < 1.29 is 9.91 Å². The van der Waals surface area contributed by atoms with Crippen LogP contribution in [0.5, 0.6) is 0 Å². The second-order valence-corrected chi connectivity index (χ2v) is 6.09. The third kappa shape index (κ3) is 2.47. The first-order valence-electron chi connectivity index (χ1n) is 7.69. The van der Waals surface area contributed by atoms with Crippen LogP contribution in [0.25, 0.3) is 10.8 Å². The van der Waals surface area contributed by atoms with Crippen molar-refractivity contribution in [3.8, 4) is 0 Å². The Balaban J connectivity index is 1.72. The Bertz CT molecular complexity index is 896. The van der Waals surface area contributed by atoms with Crippen LogP contribution in [0, 0.1) is 0 Å². The third-order valence-electron chi connectivity index (χ3n) is 4.21. The van der Waals surface area contributed by atoms with E-state index in [1.807, 2.05) is 54.6 Å². The number of aliphatic hydroxyl groups is 1. The SMILES string of the molecule is CC(O)(C[N+]1=Nc2cccc3cccc(c23)N1)c1ccccc1. The molecule has 3 aromatic rings. The maximum atomic E-state index is 10.8. The zero-order valence-electron chi connectivity index (χ0n) is 12.9. The van der Waals surface area contributed by atoms with Gasteiger partial charge in [0.1, 0.15) is 11.4 Å². The summed E-state index contributed by atoms with van der Waals surface area (Å²) in [6.45, 7) is 2.16. The summed E-state index contributed by atoms with van der Waals surface area (Å²) in [5, 5.41) is 17.7. The Morgan fingerprint density at radius 3 is 2.52 bits per heavy atom. The lowest BCUT2D eigenvalue weighted by Crippen LogP contribution is -2.36. The van der Waals surface area contributed by atoms with E-state index in [0.29, 0.717) is 6.54 Å². The van der Waals surface area contributed by atoms with Gasteiger partial charge in [-0.2, -0.15) is 0 Å². The van der Waals surface area contributed by atoms with Gasteiger partial charge in [0, 0.05) is 15.3 Å². The van der Waals surface area contributed by atoms with E-state index in [4.69, 9.17) is 0 Å². The molecular formula is C19H18N3O+. The Morgan fingerprint density at radius 1 is 1.00 bits per heavy atom. The van der Waals surface area contributed by atoms with Gasteiger partial charge in [-0.3, -0.25) is 0 Å². The normalized spacial score (nSPS) is 15.7. The Labute approximate surface area is 134 Å². The first kappa shape index (κ1) is 13.9. The number of hydrazine groups is 1. The molecule has 0 spiro atoms. The quantitative estimate of drug-likeness (QED) is 0.713. The predicted octanol–water partition coefficient (Wildman–Crippen LogP) is 4.18. The van der Waals surface area contributed by atoms with Gasteiger partial charge >= 0.3 is 0 Å². The molecule has 2 N–H and O–H groups in total. The Hall–Kier alpha value is -2.72.